The second kappa shape index (κ2) is 10.9. The number of hydrogen-bond acceptors (Lipinski definition) is 4. The summed E-state index contributed by atoms with van der Waals surface area (Å²) in [5.41, 5.74) is 1.18. The molecule has 0 radical (unpaired) electrons. The molecule has 0 bridgehead atoms. The summed E-state index contributed by atoms with van der Waals surface area (Å²) in [5.74, 6) is -0.898. The highest BCUT2D eigenvalue weighted by atomic mass is 35.5. The summed E-state index contributed by atoms with van der Waals surface area (Å²) in [4.78, 5) is 26.7. The third kappa shape index (κ3) is 6.31. The van der Waals surface area contributed by atoms with Gasteiger partial charge in [0.25, 0.3) is 0 Å². The van der Waals surface area contributed by atoms with Crippen molar-refractivity contribution >= 4 is 44.8 Å². The summed E-state index contributed by atoms with van der Waals surface area (Å²) in [5, 5.41) is 3.35. The number of rotatable bonds is 10. The van der Waals surface area contributed by atoms with Crippen LogP contribution in [0, 0.1) is 5.92 Å². The maximum Gasteiger partial charge on any atom is 0.240 e. The predicted molar refractivity (Wildman–Crippen MR) is 126 cm³/mol. The van der Waals surface area contributed by atoms with Gasteiger partial charge >= 0.3 is 0 Å². The molecule has 32 heavy (non-hydrogen) atoms. The van der Waals surface area contributed by atoms with Crippen LogP contribution in [0.25, 0.3) is 0 Å². The van der Waals surface area contributed by atoms with Crippen LogP contribution < -0.4 is 14.9 Å². The maximum absolute atomic E-state index is 12.7. The molecule has 2 N–H and O–H groups in total. The Morgan fingerprint density at radius 3 is 2.41 bits per heavy atom. The number of hydrogen-bond donors (Lipinski definition) is 2. The normalized spacial score (nSPS) is 16.4. The lowest BCUT2D eigenvalue weighted by atomic mass is 10.1. The number of nitrogens with one attached hydrogen (secondary N) is 2. The minimum atomic E-state index is -3.58. The Morgan fingerprint density at radius 2 is 1.75 bits per heavy atom. The molecule has 2 amide bonds. The van der Waals surface area contributed by atoms with E-state index in [4.69, 9.17) is 11.6 Å². The summed E-state index contributed by atoms with van der Waals surface area (Å²) in [6.07, 6.45) is 4.08. The predicted octanol–water partition coefficient (Wildman–Crippen LogP) is 4.19. The first kappa shape index (κ1) is 24.2. The number of anilines is 2. The summed E-state index contributed by atoms with van der Waals surface area (Å²) < 4.78 is 27.4. The molecule has 1 fully saturated rings. The van der Waals surface area contributed by atoms with Crippen molar-refractivity contribution < 1.29 is 18.0 Å². The first-order chi connectivity index (χ1) is 15.3. The highest BCUT2D eigenvalue weighted by Gasteiger charge is 2.35. The number of carbonyl (C=O) groups excluding carboxylic acids is 2. The van der Waals surface area contributed by atoms with Crippen LogP contribution in [0.1, 0.15) is 39.0 Å². The summed E-state index contributed by atoms with van der Waals surface area (Å²) >= 11 is 5.90. The van der Waals surface area contributed by atoms with Crippen molar-refractivity contribution in [3.8, 4) is 0 Å². The van der Waals surface area contributed by atoms with Crippen molar-refractivity contribution in [2.75, 3.05) is 23.3 Å². The fraction of sp³-hybridized carbons (Fsp3) is 0.391. The van der Waals surface area contributed by atoms with Gasteiger partial charge in [0.1, 0.15) is 0 Å². The Balaban J connectivity index is 1.55. The Bertz CT molecular complexity index is 1040. The Hall–Kier alpha value is -2.42. The monoisotopic (exact) mass is 477 g/mol. The topological polar surface area (TPSA) is 95.6 Å². The van der Waals surface area contributed by atoms with Gasteiger partial charge in [0.2, 0.25) is 21.8 Å². The molecule has 1 heterocycles. The molecular weight excluding hydrogens is 450 g/mol. The molecule has 1 aliphatic heterocycles. The van der Waals surface area contributed by atoms with E-state index < -0.39 is 15.9 Å². The Morgan fingerprint density at radius 1 is 1.06 bits per heavy atom. The van der Waals surface area contributed by atoms with Crippen LogP contribution in [0.3, 0.4) is 0 Å². The molecule has 0 spiro atoms. The molecule has 2 aromatic rings. The van der Waals surface area contributed by atoms with E-state index >= 15 is 0 Å². The van der Waals surface area contributed by atoms with Crippen LogP contribution in [0.2, 0.25) is 5.02 Å². The van der Waals surface area contributed by atoms with E-state index in [9.17, 15) is 18.0 Å². The quantitative estimate of drug-likeness (QED) is 0.501. The fourth-order valence-corrected chi connectivity index (χ4v) is 4.76. The third-order valence-corrected chi connectivity index (χ3v) is 7.12. The van der Waals surface area contributed by atoms with Crippen LogP contribution in [0.15, 0.2) is 53.4 Å². The average molecular weight is 478 g/mol. The molecule has 3 rings (SSSR count). The van der Waals surface area contributed by atoms with Crippen molar-refractivity contribution in [1.82, 2.24) is 4.72 Å². The minimum Gasteiger partial charge on any atom is -0.326 e. The smallest absolute Gasteiger partial charge is 0.240 e. The summed E-state index contributed by atoms with van der Waals surface area (Å²) in [7, 11) is -3.58. The van der Waals surface area contributed by atoms with Crippen LogP contribution in [-0.4, -0.2) is 33.3 Å². The van der Waals surface area contributed by atoms with Gasteiger partial charge in [-0.3, -0.25) is 9.59 Å². The van der Waals surface area contributed by atoms with E-state index in [-0.39, 0.29) is 29.7 Å². The standard InChI is InChI=1S/C23H28ClN3O4S/c1-2-3-4-5-14-25-32(30,31)21-12-8-19(9-13-21)26-23(29)17-15-22(28)27(16-17)20-10-6-18(24)7-11-20/h6-13,17,25H,2-5,14-16H2,1H3,(H,26,29). The lowest BCUT2D eigenvalue weighted by Crippen LogP contribution is -2.28. The molecule has 0 aromatic heterocycles. The zero-order chi connectivity index (χ0) is 23.1. The molecule has 1 unspecified atom stereocenters. The maximum atomic E-state index is 12.7. The number of nitrogens with zero attached hydrogens (tertiary/aromatic N) is 1. The van der Waals surface area contributed by atoms with Crippen molar-refractivity contribution in [2.45, 2.75) is 43.9 Å². The molecule has 0 aliphatic carbocycles. The number of sulfonamides is 1. The van der Waals surface area contributed by atoms with E-state index in [0.29, 0.717) is 22.9 Å². The number of amides is 2. The lowest BCUT2D eigenvalue weighted by molar-refractivity contribution is -0.122. The first-order valence-corrected chi connectivity index (χ1v) is 12.6. The largest absolute Gasteiger partial charge is 0.326 e. The zero-order valence-electron chi connectivity index (χ0n) is 18.0. The third-order valence-electron chi connectivity index (χ3n) is 5.39. The van der Waals surface area contributed by atoms with E-state index in [2.05, 4.69) is 17.0 Å². The van der Waals surface area contributed by atoms with Gasteiger partial charge in [0, 0.05) is 35.9 Å². The second-order valence-electron chi connectivity index (χ2n) is 7.85. The van der Waals surface area contributed by atoms with Crippen LogP contribution in [0.5, 0.6) is 0 Å². The Labute approximate surface area is 194 Å². The van der Waals surface area contributed by atoms with Gasteiger partial charge in [-0.15, -0.1) is 0 Å². The number of benzene rings is 2. The van der Waals surface area contributed by atoms with Gasteiger partial charge < -0.3 is 10.2 Å². The molecule has 9 heteroatoms. The lowest BCUT2D eigenvalue weighted by Gasteiger charge is -2.17. The van der Waals surface area contributed by atoms with Crippen molar-refractivity contribution in [2.24, 2.45) is 5.92 Å². The second-order valence-corrected chi connectivity index (χ2v) is 10.1. The molecule has 172 valence electrons. The van der Waals surface area contributed by atoms with Gasteiger partial charge in [0.05, 0.1) is 10.8 Å². The van der Waals surface area contributed by atoms with Crippen LogP contribution >= 0.6 is 11.6 Å². The zero-order valence-corrected chi connectivity index (χ0v) is 19.6. The highest BCUT2D eigenvalue weighted by Crippen LogP contribution is 2.27. The molecule has 0 saturated carbocycles. The molecular formula is C23H28ClN3O4S. The molecule has 1 atom stereocenters. The van der Waals surface area contributed by atoms with Crippen molar-refractivity contribution in [3.05, 3.63) is 53.6 Å². The van der Waals surface area contributed by atoms with Crippen LogP contribution in [-0.2, 0) is 19.6 Å². The average Bonchev–Trinajstić information content (AvgIpc) is 3.16. The molecule has 7 nitrogen and oxygen atoms in total. The number of unbranched alkanes of at least 4 members (excludes halogenated alkanes) is 3. The first-order valence-electron chi connectivity index (χ1n) is 10.8. The van der Waals surface area contributed by atoms with Gasteiger partial charge in [0.15, 0.2) is 0 Å². The van der Waals surface area contributed by atoms with Crippen molar-refractivity contribution in [1.29, 1.82) is 0 Å². The molecule has 1 aliphatic rings. The van der Waals surface area contributed by atoms with Gasteiger partial charge in [-0.25, -0.2) is 13.1 Å². The number of halogens is 1. The minimum absolute atomic E-state index is 0.114. The van der Waals surface area contributed by atoms with E-state index in [1.807, 2.05) is 0 Å². The van der Waals surface area contributed by atoms with E-state index in [0.717, 1.165) is 25.7 Å². The van der Waals surface area contributed by atoms with E-state index in [1.54, 1.807) is 41.3 Å². The van der Waals surface area contributed by atoms with Crippen molar-refractivity contribution in [3.63, 3.8) is 0 Å². The van der Waals surface area contributed by atoms with Crippen LogP contribution in [0.4, 0.5) is 11.4 Å². The molecule has 1 saturated heterocycles. The highest BCUT2D eigenvalue weighted by molar-refractivity contribution is 7.89. The summed E-state index contributed by atoms with van der Waals surface area (Å²) in [6.45, 7) is 2.78. The fourth-order valence-electron chi connectivity index (χ4n) is 3.56. The van der Waals surface area contributed by atoms with E-state index in [1.165, 1.54) is 12.1 Å². The Kier molecular flexibility index (Phi) is 8.28. The van der Waals surface area contributed by atoms with Gasteiger partial charge in [-0.1, -0.05) is 37.8 Å². The molecule has 2 aromatic carbocycles. The van der Waals surface area contributed by atoms with Gasteiger partial charge in [-0.05, 0) is 55.0 Å². The number of carbonyl (C=O) groups is 2. The van der Waals surface area contributed by atoms with Gasteiger partial charge in [-0.2, -0.15) is 0 Å². The SMILES string of the molecule is CCCCCCNS(=O)(=O)c1ccc(NC(=O)C2CC(=O)N(c3ccc(Cl)cc3)C2)cc1. The summed E-state index contributed by atoms with van der Waals surface area (Å²) in [6, 6.07) is 12.9.